The Balaban J connectivity index is 2.11. The van der Waals surface area contributed by atoms with Gasteiger partial charge in [-0.25, -0.2) is 0 Å². The predicted octanol–water partition coefficient (Wildman–Crippen LogP) is 6.04. The molecule has 1 atom stereocenters. The van der Waals surface area contributed by atoms with Crippen LogP contribution in [0.3, 0.4) is 0 Å². The first-order valence-electron chi connectivity index (χ1n) is 7.59. The van der Waals surface area contributed by atoms with Crippen molar-refractivity contribution in [2.45, 2.75) is 78.6 Å². The highest BCUT2D eigenvalue weighted by Gasteiger charge is 2.13. The van der Waals surface area contributed by atoms with Gasteiger partial charge < -0.3 is 0 Å². The quantitative estimate of drug-likeness (QED) is 0.372. The van der Waals surface area contributed by atoms with Crippen molar-refractivity contribution in [1.29, 1.82) is 0 Å². The Hall–Kier alpha value is -0.520. The number of unbranched alkanes of at least 4 members (excludes halogenated alkanes) is 1. The monoisotopic (exact) mass is 234 g/mol. The van der Waals surface area contributed by atoms with Crippen molar-refractivity contribution in [2.75, 3.05) is 0 Å². The second-order valence-corrected chi connectivity index (χ2v) is 5.57. The summed E-state index contributed by atoms with van der Waals surface area (Å²) in [5.41, 5.74) is 3.30. The molecule has 1 rings (SSSR count). The SMILES string of the molecule is CC/C=C(/C)CCCCC1CCC=C(CC)C1. The molecule has 0 fully saturated rings. The smallest absolute Gasteiger partial charge is 0.0292 e. The van der Waals surface area contributed by atoms with Gasteiger partial charge in [-0.05, 0) is 57.8 Å². The summed E-state index contributed by atoms with van der Waals surface area (Å²) in [6.45, 7) is 6.80. The van der Waals surface area contributed by atoms with E-state index < -0.39 is 0 Å². The zero-order valence-electron chi connectivity index (χ0n) is 12.1. The molecule has 0 amide bonds. The van der Waals surface area contributed by atoms with E-state index in [-0.39, 0.29) is 0 Å². The molecule has 1 aliphatic rings. The number of rotatable bonds is 7. The molecule has 0 saturated carbocycles. The fourth-order valence-corrected chi connectivity index (χ4v) is 2.90. The van der Waals surface area contributed by atoms with Gasteiger partial charge in [-0.2, -0.15) is 0 Å². The maximum absolute atomic E-state index is 2.48. The zero-order chi connectivity index (χ0) is 12.5. The van der Waals surface area contributed by atoms with Crippen LogP contribution in [0.25, 0.3) is 0 Å². The van der Waals surface area contributed by atoms with Gasteiger partial charge >= 0.3 is 0 Å². The topological polar surface area (TPSA) is 0 Å². The third kappa shape index (κ3) is 6.10. The minimum atomic E-state index is 0.991. The van der Waals surface area contributed by atoms with E-state index in [4.69, 9.17) is 0 Å². The molecule has 0 bridgehead atoms. The Morgan fingerprint density at radius 3 is 2.88 bits per heavy atom. The van der Waals surface area contributed by atoms with Crippen LogP contribution >= 0.6 is 0 Å². The summed E-state index contributed by atoms with van der Waals surface area (Å²) in [5.74, 6) is 0.991. The first-order chi connectivity index (χ1) is 8.26. The molecule has 0 N–H and O–H groups in total. The molecular weight excluding hydrogens is 204 g/mol. The highest BCUT2D eigenvalue weighted by molar-refractivity contribution is 5.06. The predicted molar refractivity (Wildman–Crippen MR) is 78.2 cm³/mol. The van der Waals surface area contributed by atoms with Crippen LogP contribution in [0.1, 0.15) is 78.6 Å². The lowest BCUT2D eigenvalue weighted by Gasteiger charge is -2.22. The summed E-state index contributed by atoms with van der Waals surface area (Å²) >= 11 is 0. The highest BCUT2D eigenvalue weighted by Crippen LogP contribution is 2.29. The summed E-state index contributed by atoms with van der Waals surface area (Å²) in [5, 5.41) is 0. The van der Waals surface area contributed by atoms with E-state index in [1.165, 1.54) is 57.8 Å². The molecule has 0 aliphatic heterocycles. The van der Waals surface area contributed by atoms with E-state index in [1.54, 1.807) is 11.1 Å². The molecule has 0 heterocycles. The maximum Gasteiger partial charge on any atom is -0.0292 e. The van der Waals surface area contributed by atoms with E-state index in [0.717, 1.165) is 5.92 Å². The maximum atomic E-state index is 2.48. The third-order valence-electron chi connectivity index (χ3n) is 4.00. The first-order valence-corrected chi connectivity index (χ1v) is 7.59. The fraction of sp³-hybridized carbons (Fsp3) is 0.765. The number of allylic oxidation sites excluding steroid dienone is 4. The van der Waals surface area contributed by atoms with E-state index in [2.05, 4.69) is 32.9 Å². The highest BCUT2D eigenvalue weighted by atomic mass is 14.2. The third-order valence-corrected chi connectivity index (χ3v) is 4.00. The van der Waals surface area contributed by atoms with Crippen LogP contribution in [-0.4, -0.2) is 0 Å². The van der Waals surface area contributed by atoms with Gasteiger partial charge in [0.1, 0.15) is 0 Å². The van der Waals surface area contributed by atoms with Crippen molar-refractivity contribution in [1.82, 2.24) is 0 Å². The Morgan fingerprint density at radius 2 is 2.18 bits per heavy atom. The number of hydrogen-bond acceptors (Lipinski definition) is 0. The fourth-order valence-electron chi connectivity index (χ4n) is 2.90. The molecule has 17 heavy (non-hydrogen) atoms. The zero-order valence-corrected chi connectivity index (χ0v) is 12.1. The lowest BCUT2D eigenvalue weighted by atomic mass is 9.84. The van der Waals surface area contributed by atoms with E-state index in [9.17, 15) is 0 Å². The molecule has 0 heteroatoms. The Bertz CT molecular complexity index is 257. The standard InChI is InChI=1S/C17H30/c1-4-9-15(3)10-6-7-11-17-13-8-12-16(5-2)14-17/h9,12,17H,4-8,10-11,13-14H2,1-3H3/b15-9-. The van der Waals surface area contributed by atoms with Crippen molar-refractivity contribution < 1.29 is 0 Å². The normalized spacial score (nSPS) is 21.5. The molecule has 1 aliphatic carbocycles. The van der Waals surface area contributed by atoms with Gasteiger partial charge in [0.2, 0.25) is 0 Å². The van der Waals surface area contributed by atoms with E-state index in [0.29, 0.717) is 0 Å². The van der Waals surface area contributed by atoms with Gasteiger partial charge in [0.05, 0.1) is 0 Å². The van der Waals surface area contributed by atoms with Crippen molar-refractivity contribution in [3.8, 4) is 0 Å². The van der Waals surface area contributed by atoms with Gasteiger partial charge in [-0.15, -0.1) is 0 Å². The van der Waals surface area contributed by atoms with Crippen LogP contribution in [0, 0.1) is 5.92 Å². The van der Waals surface area contributed by atoms with Gasteiger partial charge in [0.15, 0.2) is 0 Å². The second kappa shape index (κ2) is 8.55. The van der Waals surface area contributed by atoms with Crippen LogP contribution in [0.2, 0.25) is 0 Å². The Kier molecular flexibility index (Phi) is 7.32. The van der Waals surface area contributed by atoms with Crippen molar-refractivity contribution in [2.24, 2.45) is 5.92 Å². The summed E-state index contributed by atoms with van der Waals surface area (Å²) in [6.07, 6.45) is 17.1. The van der Waals surface area contributed by atoms with E-state index in [1.807, 2.05) is 0 Å². The summed E-state index contributed by atoms with van der Waals surface area (Å²) in [4.78, 5) is 0. The molecular formula is C17H30. The Morgan fingerprint density at radius 1 is 1.35 bits per heavy atom. The molecule has 0 aromatic heterocycles. The van der Waals surface area contributed by atoms with E-state index >= 15 is 0 Å². The average Bonchev–Trinajstić information content (AvgIpc) is 2.35. The molecule has 0 aromatic rings. The molecule has 1 unspecified atom stereocenters. The van der Waals surface area contributed by atoms with Crippen LogP contribution in [0.15, 0.2) is 23.3 Å². The second-order valence-electron chi connectivity index (χ2n) is 5.57. The minimum Gasteiger partial charge on any atom is -0.0859 e. The molecule has 98 valence electrons. The molecule has 0 saturated heterocycles. The average molecular weight is 234 g/mol. The van der Waals surface area contributed by atoms with Gasteiger partial charge in [-0.3, -0.25) is 0 Å². The van der Waals surface area contributed by atoms with Gasteiger partial charge in [0, 0.05) is 0 Å². The lowest BCUT2D eigenvalue weighted by molar-refractivity contribution is 0.410. The summed E-state index contributed by atoms with van der Waals surface area (Å²) < 4.78 is 0. The van der Waals surface area contributed by atoms with Crippen molar-refractivity contribution in [3.63, 3.8) is 0 Å². The number of hydrogen-bond donors (Lipinski definition) is 0. The molecule has 0 radical (unpaired) electrons. The van der Waals surface area contributed by atoms with Crippen molar-refractivity contribution >= 4 is 0 Å². The minimum absolute atomic E-state index is 0.991. The van der Waals surface area contributed by atoms with Gasteiger partial charge in [-0.1, -0.05) is 50.0 Å². The van der Waals surface area contributed by atoms with Crippen LogP contribution in [0.4, 0.5) is 0 Å². The largest absolute Gasteiger partial charge is 0.0859 e. The molecule has 0 spiro atoms. The lowest BCUT2D eigenvalue weighted by Crippen LogP contribution is -2.06. The van der Waals surface area contributed by atoms with Crippen LogP contribution < -0.4 is 0 Å². The van der Waals surface area contributed by atoms with Crippen LogP contribution in [0.5, 0.6) is 0 Å². The van der Waals surface area contributed by atoms with Crippen LogP contribution in [-0.2, 0) is 0 Å². The van der Waals surface area contributed by atoms with Crippen molar-refractivity contribution in [3.05, 3.63) is 23.3 Å². The summed E-state index contributed by atoms with van der Waals surface area (Å²) in [7, 11) is 0. The first kappa shape index (κ1) is 14.5. The summed E-state index contributed by atoms with van der Waals surface area (Å²) in [6, 6.07) is 0. The van der Waals surface area contributed by atoms with Gasteiger partial charge in [0.25, 0.3) is 0 Å². The molecule has 0 nitrogen and oxygen atoms in total. The Labute approximate surface area is 108 Å². The molecule has 0 aromatic carbocycles.